The standard InChI is InChI=1S/C12H12F2N4O/c13-12(14)3-6-18(7-4-12)10-8-2-1-5-15-9(8)16-11(19)17-10/h1-2,5H,3-4,6-7H2,(H,15,16,17,19). The van der Waals surface area contributed by atoms with Crippen molar-refractivity contribution in [1.82, 2.24) is 15.0 Å². The van der Waals surface area contributed by atoms with Gasteiger partial charge >= 0.3 is 5.69 Å². The van der Waals surface area contributed by atoms with Crippen LogP contribution in [0.25, 0.3) is 11.0 Å². The Morgan fingerprint density at radius 1 is 1.32 bits per heavy atom. The van der Waals surface area contributed by atoms with Gasteiger partial charge in [0.15, 0.2) is 0 Å². The average molecular weight is 266 g/mol. The van der Waals surface area contributed by atoms with Crippen molar-refractivity contribution >= 4 is 16.9 Å². The molecule has 0 aromatic carbocycles. The summed E-state index contributed by atoms with van der Waals surface area (Å²) in [6.07, 6.45) is 1.12. The number of halogens is 2. The topological polar surface area (TPSA) is 61.9 Å². The van der Waals surface area contributed by atoms with E-state index in [0.717, 1.165) is 0 Å². The van der Waals surface area contributed by atoms with Crippen molar-refractivity contribution in [2.75, 3.05) is 18.0 Å². The van der Waals surface area contributed by atoms with Crippen molar-refractivity contribution in [1.29, 1.82) is 0 Å². The van der Waals surface area contributed by atoms with Crippen LogP contribution in [0.15, 0.2) is 23.1 Å². The number of hydrogen-bond donors (Lipinski definition) is 1. The summed E-state index contributed by atoms with van der Waals surface area (Å²) in [5.41, 5.74) is -0.0895. The Bertz CT molecular complexity index is 660. The van der Waals surface area contributed by atoms with Crippen molar-refractivity contribution in [2.24, 2.45) is 0 Å². The number of rotatable bonds is 1. The smallest absolute Gasteiger partial charge is 0.348 e. The molecule has 1 N–H and O–H groups in total. The van der Waals surface area contributed by atoms with E-state index >= 15 is 0 Å². The summed E-state index contributed by atoms with van der Waals surface area (Å²) in [6, 6.07) is 3.50. The quantitative estimate of drug-likeness (QED) is 0.850. The Morgan fingerprint density at radius 3 is 2.79 bits per heavy atom. The summed E-state index contributed by atoms with van der Waals surface area (Å²) >= 11 is 0. The van der Waals surface area contributed by atoms with Crippen molar-refractivity contribution in [3.63, 3.8) is 0 Å². The Kier molecular flexibility index (Phi) is 2.69. The molecule has 0 amide bonds. The number of nitrogens with one attached hydrogen (secondary N) is 1. The van der Waals surface area contributed by atoms with Crippen LogP contribution in [-0.2, 0) is 0 Å². The molecule has 5 nitrogen and oxygen atoms in total. The lowest BCUT2D eigenvalue weighted by atomic mass is 10.1. The van der Waals surface area contributed by atoms with Gasteiger partial charge in [0.25, 0.3) is 5.92 Å². The lowest BCUT2D eigenvalue weighted by Crippen LogP contribution is -2.40. The van der Waals surface area contributed by atoms with E-state index in [9.17, 15) is 13.6 Å². The zero-order chi connectivity index (χ0) is 13.5. The SMILES string of the molecule is O=c1nc(N2CCC(F)(F)CC2)c2cccnc2[nH]1. The molecular weight excluding hydrogens is 254 g/mol. The first-order valence-corrected chi connectivity index (χ1v) is 6.03. The van der Waals surface area contributed by atoms with E-state index < -0.39 is 11.6 Å². The number of alkyl halides is 2. The van der Waals surface area contributed by atoms with Gasteiger partial charge in [0, 0.05) is 32.1 Å². The van der Waals surface area contributed by atoms with E-state index in [2.05, 4.69) is 15.0 Å². The number of nitrogens with zero attached hydrogens (tertiary/aromatic N) is 3. The highest BCUT2D eigenvalue weighted by atomic mass is 19.3. The molecule has 1 saturated heterocycles. The highest BCUT2D eigenvalue weighted by molar-refractivity contribution is 5.86. The minimum absolute atomic E-state index is 0.188. The van der Waals surface area contributed by atoms with Crippen LogP contribution in [0.4, 0.5) is 14.6 Å². The largest absolute Gasteiger partial charge is 0.355 e. The molecule has 2 aromatic rings. The first kappa shape index (κ1) is 12.0. The molecule has 1 aliphatic heterocycles. The molecule has 0 radical (unpaired) electrons. The minimum atomic E-state index is -2.62. The van der Waals surface area contributed by atoms with Crippen molar-refractivity contribution < 1.29 is 8.78 Å². The molecule has 1 fully saturated rings. The number of hydrogen-bond acceptors (Lipinski definition) is 4. The molecule has 19 heavy (non-hydrogen) atoms. The van der Waals surface area contributed by atoms with Crippen molar-refractivity contribution in [2.45, 2.75) is 18.8 Å². The van der Waals surface area contributed by atoms with Gasteiger partial charge in [-0.3, -0.25) is 4.98 Å². The maximum Gasteiger partial charge on any atom is 0.348 e. The Balaban J connectivity index is 2.03. The molecular formula is C12H12F2N4O. The first-order valence-electron chi connectivity index (χ1n) is 6.03. The molecule has 0 spiro atoms. The monoisotopic (exact) mass is 266 g/mol. The highest BCUT2D eigenvalue weighted by Crippen LogP contribution is 2.31. The molecule has 100 valence electrons. The van der Waals surface area contributed by atoms with Gasteiger partial charge in [-0.05, 0) is 12.1 Å². The molecule has 0 unspecified atom stereocenters. The van der Waals surface area contributed by atoms with Gasteiger partial charge in [0.05, 0.1) is 5.39 Å². The van der Waals surface area contributed by atoms with E-state index in [0.29, 0.717) is 16.9 Å². The summed E-state index contributed by atoms with van der Waals surface area (Å²) in [5.74, 6) is -2.19. The second kappa shape index (κ2) is 4.25. The van der Waals surface area contributed by atoms with E-state index in [1.165, 1.54) is 0 Å². The van der Waals surface area contributed by atoms with Crippen LogP contribution in [0.1, 0.15) is 12.8 Å². The lowest BCUT2D eigenvalue weighted by Gasteiger charge is -2.32. The number of fused-ring (bicyclic) bond motifs is 1. The summed E-state index contributed by atoms with van der Waals surface area (Å²) in [6.45, 7) is 0.376. The second-order valence-corrected chi connectivity index (χ2v) is 4.61. The maximum atomic E-state index is 13.2. The minimum Gasteiger partial charge on any atom is -0.355 e. The molecule has 1 aliphatic rings. The molecule has 0 bridgehead atoms. The molecule has 0 aliphatic carbocycles. The van der Waals surface area contributed by atoms with E-state index in [1.54, 1.807) is 23.2 Å². The summed E-state index contributed by atoms with van der Waals surface area (Å²) in [5, 5.41) is 0.673. The van der Waals surface area contributed by atoms with Crippen LogP contribution in [0.5, 0.6) is 0 Å². The van der Waals surface area contributed by atoms with E-state index in [-0.39, 0.29) is 25.9 Å². The zero-order valence-corrected chi connectivity index (χ0v) is 10.1. The van der Waals surface area contributed by atoms with Gasteiger partial charge in [-0.1, -0.05) is 0 Å². The van der Waals surface area contributed by atoms with E-state index in [4.69, 9.17) is 0 Å². The molecule has 3 rings (SSSR count). The number of pyridine rings is 1. The van der Waals surface area contributed by atoms with Crippen LogP contribution in [-0.4, -0.2) is 34.0 Å². The Hall–Kier alpha value is -2.05. The fourth-order valence-electron chi connectivity index (χ4n) is 2.26. The number of H-pyrrole nitrogens is 1. The van der Waals surface area contributed by atoms with Crippen molar-refractivity contribution in [3.8, 4) is 0 Å². The third-order valence-electron chi connectivity index (χ3n) is 3.28. The van der Waals surface area contributed by atoms with Gasteiger partial charge in [-0.25, -0.2) is 18.6 Å². The molecule has 0 saturated carbocycles. The number of anilines is 1. The van der Waals surface area contributed by atoms with Gasteiger partial charge in [0.1, 0.15) is 11.5 Å². The van der Waals surface area contributed by atoms with Gasteiger partial charge < -0.3 is 4.90 Å². The molecule has 7 heteroatoms. The van der Waals surface area contributed by atoms with Crippen LogP contribution in [0, 0.1) is 0 Å². The van der Waals surface area contributed by atoms with Crippen LogP contribution < -0.4 is 10.6 Å². The van der Waals surface area contributed by atoms with Gasteiger partial charge in [-0.2, -0.15) is 4.98 Å². The third kappa shape index (κ3) is 2.27. The normalized spacial score (nSPS) is 18.7. The number of aromatic nitrogens is 3. The summed E-state index contributed by atoms with van der Waals surface area (Å²) in [7, 11) is 0. The van der Waals surface area contributed by atoms with Crippen LogP contribution in [0.2, 0.25) is 0 Å². The Morgan fingerprint density at radius 2 is 2.05 bits per heavy atom. The van der Waals surface area contributed by atoms with Crippen LogP contribution >= 0.6 is 0 Å². The predicted octanol–water partition coefficient (Wildman–Crippen LogP) is 1.55. The lowest BCUT2D eigenvalue weighted by molar-refractivity contribution is -0.0221. The maximum absolute atomic E-state index is 13.2. The fraction of sp³-hybridized carbons (Fsp3) is 0.417. The molecule has 2 aromatic heterocycles. The zero-order valence-electron chi connectivity index (χ0n) is 10.1. The van der Waals surface area contributed by atoms with Gasteiger partial charge in [-0.15, -0.1) is 0 Å². The average Bonchev–Trinajstić information content (AvgIpc) is 2.38. The Labute approximate surface area is 107 Å². The third-order valence-corrected chi connectivity index (χ3v) is 3.28. The van der Waals surface area contributed by atoms with Crippen molar-refractivity contribution in [3.05, 3.63) is 28.8 Å². The number of aromatic amines is 1. The van der Waals surface area contributed by atoms with Crippen LogP contribution in [0.3, 0.4) is 0 Å². The highest BCUT2D eigenvalue weighted by Gasteiger charge is 2.34. The fourth-order valence-corrected chi connectivity index (χ4v) is 2.26. The molecule has 0 atom stereocenters. The van der Waals surface area contributed by atoms with E-state index in [1.807, 2.05) is 0 Å². The second-order valence-electron chi connectivity index (χ2n) is 4.61. The summed E-state index contributed by atoms with van der Waals surface area (Å²) < 4.78 is 26.3. The summed E-state index contributed by atoms with van der Waals surface area (Å²) in [4.78, 5) is 23.7. The predicted molar refractivity (Wildman–Crippen MR) is 66.6 cm³/mol. The first-order chi connectivity index (χ1) is 9.05. The number of piperidine rings is 1. The molecule has 3 heterocycles. The van der Waals surface area contributed by atoms with Gasteiger partial charge in [0.2, 0.25) is 0 Å².